The Labute approximate surface area is 922 Å². The van der Waals surface area contributed by atoms with E-state index in [4.69, 9.17) is 78.2 Å². The van der Waals surface area contributed by atoms with Gasteiger partial charge in [0.1, 0.15) is 48.8 Å². The smallest absolute Gasteiger partial charge is 0.123 e. The number of hydrogen-bond donors (Lipinski definition) is 0. The van der Waals surface area contributed by atoms with Crippen molar-refractivity contribution in [2.75, 3.05) is 52.9 Å². The number of aryl methyl sites for hydroxylation is 4. The summed E-state index contributed by atoms with van der Waals surface area (Å²) in [5.41, 5.74) is 14.8. The van der Waals surface area contributed by atoms with E-state index >= 15 is 0 Å². The molecule has 0 amide bonds. The zero-order valence-corrected chi connectivity index (χ0v) is 88.4. The first kappa shape index (κ1) is 177. The highest BCUT2D eigenvalue weighted by molar-refractivity contribution is 5.29. The molecular formula is C132H248O16. The van der Waals surface area contributed by atoms with Gasteiger partial charge in [0.2, 0.25) is 0 Å². The molecule has 8 aromatic rings. The highest BCUT2D eigenvalue weighted by atomic mass is 17.2. The molecule has 8 rings (SSSR count). The molecule has 16 nitrogen and oxygen atoms in total. The molecule has 0 radical (unpaired) electrons. The lowest BCUT2D eigenvalue weighted by molar-refractivity contribution is -0.346. The molecule has 0 N–H and O–H groups in total. The van der Waals surface area contributed by atoms with Crippen LogP contribution in [0.5, 0.6) is 0 Å². The Morgan fingerprint density at radius 2 is 0.324 bits per heavy atom. The molecule has 0 bridgehead atoms. The number of rotatable bonds is 52. The van der Waals surface area contributed by atoms with Gasteiger partial charge in [-0.2, -0.15) is 0 Å². The minimum atomic E-state index is -0.0203. The molecule has 12 atom stereocenters. The summed E-state index contributed by atoms with van der Waals surface area (Å²) >= 11 is 0. The molecule has 872 valence electrons. The Morgan fingerprint density at radius 1 is 0.182 bits per heavy atom. The van der Waals surface area contributed by atoms with Gasteiger partial charge in [0.25, 0.3) is 0 Å². The van der Waals surface area contributed by atoms with Crippen molar-refractivity contribution >= 4 is 0 Å². The van der Waals surface area contributed by atoms with Crippen LogP contribution in [0, 0.1) is 73.0 Å². The summed E-state index contributed by atoms with van der Waals surface area (Å²) in [6.45, 7) is 73.1. The van der Waals surface area contributed by atoms with Gasteiger partial charge in [0.05, 0.1) is 52.9 Å². The van der Waals surface area contributed by atoms with Crippen LogP contribution in [0.25, 0.3) is 0 Å². The largest absolute Gasteiger partial charge is 0.236 e. The van der Waals surface area contributed by atoms with Crippen molar-refractivity contribution in [3.63, 3.8) is 0 Å². The highest BCUT2D eigenvalue weighted by Gasteiger charge is 2.35. The first-order chi connectivity index (χ1) is 63.2. The van der Waals surface area contributed by atoms with Crippen LogP contribution < -0.4 is 0 Å². The van der Waals surface area contributed by atoms with Gasteiger partial charge in [-0.1, -0.05) is 551 Å². The lowest BCUT2D eigenvalue weighted by Crippen LogP contribution is -2.24. The molecular weight excluding hydrogens is 1840 g/mol. The average Bonchev–Trinajstić information content (AvgIpc) is 0.823. The van der Waals surface area contributed by atoms with E-state index in [1.54, 1.807) is 0 Å². The van der Waals surface area contributed by atoms with E-state index in [2.05, 4.69) is 339 Å². The molecule has 0 saturated carbocycles. The number of benzene rings is 8. The van der Waals surface area contributed by atoms with E-state index in [0.29, 0.717) is 76.5 Å². The van der Waals surface area contributed by atoms with E-state index in [-0.39, 0.29) is 189 Å². The van der Waals surface area contributed by atoms with Crippen molar-refractivity contribution in [3.8, 4) is 0 Å². The summed E-state index contributed by atoms with van der Waals surface area (Å²) in [5, 5.41) is 0. The van der Waals surface area contributed by atoms with Crippen LogP contribution in [-0.2, 0) is 78.2 Å². The molecule has 0 heterocycles. The maximum Gasteiger partial charge on any atom is 0.123 e. The Kier molecular flexibility index (Phi) is 125. The summed E-state index contributed by atoms with van der Waals surface area (Å²) in [6, 6.07) is 75.0. The van der Waals surface area contributed by atoms with Crippen molar-refractivity contribution in [2.24, 2.45) is 45.3 Å². The third kappa shape index (κ3) is 71.2. The van der Waals surface area contributed by atoms with Gasteiger partial charge < -0.3 is 0 Å². The Morgan fingerprint density at radius 3 is 0.493 bits per heavy atom. The van der Waals surface area contributed by atoms with E-state index in [1.165, 1.54) is 66.8 Å². The fraction of sp³-hybridized carbons (Fsp3) is 0.636. The minimum Gasteiger partial charge on any atom is -0.236 e. The van der Waals surface area contributed by atoms with Crippen LogP contribution in [-0.4, -0.2) is 52.9 Å². The molecule has 148 heavy (non-hydrogen) atoms. The molecule has 0 saturated heterocycles. The summed E-state index contributed by atoms with van der Waals surface area (Å²) in [5.74, 6) is 1.82. The summed E-state index contributed by atoms with van der Waals surface area (Å²) < 4.78 is 0. The highest BCUT2D eigenvalue weighted by Crippen LogP contribution is 2.44. The lowest BCUT2D eigenvalue weighted by Gasteiger charge is -2.32. The fourth-order valence-electron chi connectivity index (χ4n) is 13.0. The zero-order valence-electron chi connectivity index (χ0n) is 88.4. The van der Waals surface area contributed by atoms with Gasteiger partial charge in [-0.25, -0.2) is 78.2 Å². The monoisotopic (exact) mass is 2090 g/mol. The first-order valence-electron chi connectivity index (χ1n) is 49.9. The minimum absolute atomic E-state index is 0. The van der Waals surface area contributed by atoms with E-state index in [0.717, 1.165) is 77.0 Å². The van der Waals surface area contributed by atoms with Gasteiger partial charge in [0, 0.05) is 0 Å². The quantitative estimate of drug-likeness (QED) is 0.0202. The molecule has 12 unspecified atom stereocenters. The van der Waals surface area contributed by atoms with Gasteiger partial charge in [-0.3, -0.25) is 0 Å². The van der Waals surface area contributed by atoms with Crippen LogP contribution in [0.2, 0.25) is 0 Å². The summed E-state index contributed by atoms with van der Waals surface area (Å²) in [6.07, 6.45) is 12.4. The SMILES string of the molecule is C.C.C.C.C.C.C.C.C.C.C.C.C.C.C.C.CCCOOC(c1ccc(C)cc1)C(C)(C)CC.CCCOOC(c1ccc(C)cc1)C(C)CC.CCCOOC(c1ccccc1)C(C)(C)CC.CCCOOC(c1ccccc1)C(C)CC.CCOOC(c1ccc(C)cc1)C(C)(C)CC.CCOOC(c1ccc(C)cc1)C(C)CC.CCOOC(c1ccccc1)C(C)(C)CC.CCOOC(c1ccccc1)C(C)CC. The summed E-state index contributed by atoms with van der Waals surface area (Å²) in [4.78, 5) is 85.9. The predicted octanol–water partition coefficient (Wildman–Crippen LogP) is 44.5. The van der Waals surface area contributed by atoms with Crippen LogP contribution in [0.1, 0.15) is 505 Å². The lowest BCUT2D eigenvalue weighted by atomic mass is 9.80. The van der Waals surface area contributed by atoms with Crippen molar-refractivity contribution in [1.82, 2.24) is 0 Å². The molecule has 0 aliphatic carbocycles. The Balaban J connectivity index is -0.0000000947. The number of hydrogen-bond acceptors (Lipinski definition) is 16. The van der Waals surface area contributed by atoms with E-state index in [9.17, 15) is 0 Å². The van der Waals surface area contributed by atoms with Crippen molar-refractivity contribution in [2.45, 2.75) is 466 Å². The Hall–Kier alpha value is -6.88. The standard InChI is InChI=1S/C16H26O2.3C15H24O2.3C14H22O2.C13H20O2.16CH4/c1-6-12-17-18-15(16(4,5)7-2)14-10-8-13(3)9-11-14;1-6-15(4,5)14(17-16-7-2)13-10-8-12(3)9-11-13;1-5-11-16-17-15(13(4)6-2)14-9-7-12(3)8-10-14;1-5-12-16-17-14(15(3,4)6-2)13-10-8-7-9-11-13;1-5-12(4)14(16-15-6-2)13-9-7-11(3)8-10-13;1-5-14(3,4)13(16-15-6-2)12-10-8-7-9-11-12;1-4-11-15-16-14(12(3)5-2)13-9-7-6-8-10-13;1-4-11(3)13(15-14-5-2)12-9-7-6-8-10-12;;;;;;;;;;;;;;;;/h8-11,15H,6-7,12H2,1-5H3;8-11,14H,6-7H2,1-5H3;7-10,13,15H,5-6,11H2,1-4H3;7-11,14H,5-6,12H2,1-4H3;7-10,12,14H,5-6H2,1-4H3;7-11,13H,5-6H2,1-4H3;6-10,12,14H,4-5,11H2,1-3H3;6-11,13H,4-5H2,1-3H3;16*1H4. The second-order valence-corrected chi connectivity index (χ2v) is 37.1. The second-order valence-electron chi connectivity index (χ2n) is 37.1. The van der Waals surface area contributed by atoms with Gasteiger partial charge in [-0.15, -0.1) is 0 Å². The van der Waals surface area contributed by atoms with Gasteiger partial charge in [-0.05, 0) is 197 Å². The second kappa shape index (κ2) is 104. The van der Waals surface area contributed by atoms with Crippen LogP contribution in [0.4, 0.5) is 0 Å². The van der Waals surface area contributed by atoms with Crippen molar-refractivity contribution in [3.05, 3.63) is 285 Å². The summed E-state index contributed by atoms with van der Waals surface area (Å²) in [7, 11) is 0. The zero-order chi connectivity index (χ0) is 98.8. The van der Waals surface area contributed by atoms with Crippen LogP contribution >= 0.6 is 0 Å². The molecule has 16 heteroatoms. The molecule has 0 spiro atoms. The normalized spacial score (nSPS) is 12.6. The van der Waals surface area contributed by atoms with Crippen LogP contribution in [0.15, 0.2) is 218 Å². The molecule has 8 aromatic carbocycles. The Bertz CT molecular complexity index is 3940. The molecule has 0 aromatic heterocycles. The first-order valence-corrected chi connectivity index (χ1v) is 49.9. The van der Waals surface area contributed by atoms with Crippen molar-refractivity contribution in [1.29, 1.82) is 0 Å². The van der Waals surface area contributed by atoms with Crippen LogP contribution in [0.3, 0.4) is 0 Å². The fourth-order valence-corrected chi connectivity index (χ4v) is 13.0. The third-order valence-electron chi connectivity index (χ3n) is 24.1. The maximum atomic E-state index is 5.66. The molecule has 0 aliphatic heterocycles. The average molecular weight is 2090 g/mol. The molecule has 0 fully saturated rings. The van der Waals surface area contributed by atoms with Gasteiger partial charge >= 0.3 is 0 Å². The maximum absolute atomic E-state index is 5.66. The van der Waals surface area contributed by atoms with E-state index in [1.807, 2.05) is 100 Å². The van der Waals surface area contributed by atoms with Crippen molar-refractivity contribution < 1.29 is 78.2 Å². The van der Waals surface area contributed by atoms with E-state index < -0.39 is 0 Å². The van der Waals surface area contributed by atoms with Gasteiger partial charge in [0.15, 0.2) is 0 Å². The topological polar surface area (TPSA) is 148 Å². The molecule has 0 aliphatic rings. The third-order valence-corrected chi connectivity index (χ3v) is 24.1. The predicted molar refractivity (Wildman–Crippen MR) is 654 cm³/mol.